The molecule has 0 aromatic carbocycles. The van der Waals surface area contributed by atoms with Gasteiger partial charge in [0.1, 0.15) is 0 Å². The summed E-state index contributed by atoms with van der Waals surface area (Å²) in [6.45, 7) is 7.94. The maximum Gasteiger partial charge on any atom is -0.00189 e. The van der Waals surface area contributed by atoms with Crippen molar-refractivity contribution in [2.24, 2.45) is 17.1 Å². The van der Waals surface area contributed by atoms with Crippen LogP contribution in [-0.4, -0.2) is 31.6 Å². The highest BCUT2D eigenvalue weighted by Gasteiger charge is 2.28. The van der Waals surface area contributed by atoms with E-state index in [0.717, 1.165) is 12.5 Å². The predicted octanol–water partition coefficient (Wildman–Crippen LogP) is 1.70. The van der Waals surface area contributed by atoms with Gasteiger partial charge in [0.05, 0.1) is 0 Å². The van der Waals surface area contributed by atoms with E-state index in [1.807, 2.05) is 0 Å². The van der Waals surface area contributed by atoms with Crippen LogP contribution in [0.5, 0.6) is 0 Å². The van der Waals surface area contributed by atoms with Gasteiger partial charge in [0, 0.05) is 0 Å². The van der Waals surface area contributed by atoms with Crippen molar-refractivity contribution in [1.29, 1.82) is 0 Å². The number of hydrogen-bond donors (Lipinski definition) is 1. The highest BCUT2D eigenvalue weighted by Crippen LogP contribution is 2.33. The second kappa shape index (κ2) is 4.43. The zero-order valence-corrected chi connectivity index (χ0v) is 9.34. The maximum absolute atomic E-state index is 5.81. The second-order valence-corrected chi connectivity index (χ2v) is 5.12. The van der Waals surface area contributed by atoms with Crippen molar-refractivity contribution >= 4 is 0 Å². The maximum atomic E-state index is 5.81. The van der Waals surface area contributed by atoms with Crippen LogP contribution in [0.1, 0.15) is 33.1 Å². The number of rotatable bonds is 2. The quantitative estimate of drug-likeness (QED) is 0.708. The lowest BCUT2D eigenvalue weighted by Gasteiger charge is -2.32. The third-order valence-corrected chi connectivity index (χ3v) is 3.58. The first kappa shape index (κ1) is 11.0. The minimum atomic E-state index is 0.338. The van der Waals surface area contributed by atoms with Gasteiger partial charge in [0.15, 0.2) is 0 Å². The molecular formula is C11H24N2. The first-order chi connectivity index (χ1) is 6.06. The van der Waals surface area contributed by atoms with Crippen LogP contribution >= 0.6 is 0 Å². The molecular weight excluding hydrogens is 160 g/mol. The lowest BCUT2D eigenvalue weighted by molar-refractivity contribution is 0.197. The summed E-state index contributed by atoms with van der Waals surface area (Å²) < 4.78 is 0. The Morgan fingerprint density at radius 1 is 1.31 bits per heavy atom. The number of nitrogens with two attached hydrogens (primary N) is 1. The van der Waals surface area contributed by atoms with E-state index in [9.17, 15) is 0 Å². The summed E-state index contributed by atoms with van der Waals surface area (Å²) in [5.41, 5.74) is 6.15. The topological polar surface area (TPSA) is 29.3 Å². The number of hydrogen-bond acceptors (Lipinski definition) is 2. The first-order valence-corrected chi connectivity index (χ1v) is 5.45. The van der Waals surface area contributed by atoms with Crippen molar-refractivity contribution in [2.75, 3.05) is 26.7 Å². The van der Waals surface area contributed by atoms with E-state index in [2.05, 4.69) is 25.8 Å². The zero-order chi connectivity index (χ0) is 9.90. The van der Waals surface area contributed by atoms with Crippen molar-refractivity contribution in [3.05, 3.63) is 0 Å². The average molecular weight is 184 g/mol. The molecule has 13 heavy (non-hydrogen) atoms. The molecule has 2 heteroatoms. The van der Waals surface area contributed by atoms with Crippen molar-refractivity contribution in [3.8, 4) is 0 Å². The molecule has 0 aromatic rings. The molecule has 0 aliphatic carbocycles. The Balaban J connectivity index is 2.50. The van der Waals surface area contributed by atoms with Crippen molar-refractivity contribution in [3.63, 3.8) is 0 Å². The summed E-state index contributed by atoms with van der Waals surface area (Å²) in [5, 5.41) is 0. The fraction of sp³-hybridized carbons (Fsp3) is 1.00. The van der Waals surface area contributed by atoms with Gasteiger partial charge in [-0.25, -0.2) is 0 Å². The molecule has 1 saturated heterocycles. The fourth-order valence-corrected chi connectivity index (χ4v) is 2.19. The van der Waals surface area contributed by atoms with Crippen LogP contribution in [-0.2, 0) is 0 Å². The van der Waals surface area contributed by atoms with E-state index < -0.39 is 0 Å². The van der Waals surface area contributed by atoms with Crippen molar-refractivity contribution in [1.82, 2.24) is 4.90 Å². The molecule has 2 nitrogen and oxygen atoms in total. The summed E-state index contributed by atoms with van der Waals surface area (Å²) in [7, 11) is 2.22. The minimum absolute atomic E-state index is 0.338. The molecule has 78 valence electrons. The van der Waals surface area contributed by atoms with Gasteiger partial charge in [-0.2, -0.15) is 0 Å². The van der Waals surface area contributed by atoms with E-state index in [4.69, 9.17) is 5.73 Å². The summed E-state index contributed by atoms with van der Waals surface area (Å²) in [6, 6.07) is 0. The molecule has 1 atom stereocenters. The second-order valence-electron chi connectivity index (χ2n) is 5.12. The average Bonchev–Trinajstić information content (AvgIpc) is 2.30. The standard InChI is InChI=1S/C11H24N2/c1-11(2,9-12)10-5-4-7-13(3)8-6-10/h10H,4-9,12H2,1-3H3. The van der Waals surface area contributed by atoms with E-state index in [0.29, 0.717) is 5.41 Å². The Hall–Kier alpha value is -0.0800. The zero-order valence-electron chi connectivity index (χ0n) is 9.34. The van der Waals surface area contributed by atoms with Gasteiger partial charge >= 0.3 is 0 Å². The summed E-state index contributed by atoms with van der Waals surface area (Å²) in [5.74, 6) is 0.822. The highest BCUT2D eigenvalue weighted by molar-refractivity contribution is 4.81. The molecule has 1 aliphatic heterocycles. The minimum Gasteiger partial charge on any atom is -0.330 e. The molecule has 1 aliphatic rings. The van der Waals surface area contributed by atoms with Crippen molar-refractivity contribution in [2.45, 2.75) is 33.1 Å². The molecule has 1 rings (SSSR count). The van der Waals surface area contributed by atoms with E-state index in [-0.39, 0.29) is 0 Å². The molecule has 0 spiro atoms. The SMILES string of the molecule is CN1CCCC(C(C)(C)CN)CC1. The van der Waals surface area contributed by atoms with E-state index >= 15 is 0 Å². The lowest BCUT2D eigenvalue weighted by atomic mass is 9.75. The van der Waals surface area contributed by atoms with Crippen LogP contribution in [0.3, 0.4) is 0 Å². The Labute approximate surface area is 82.5 Å². The lowest BCUT2D eigenvalue weighted by Crippen LogP contribution is -2.33. The summed E-state index contributed by atoms with van der Waals surface area (Å²) >= 11 is 0. The molecule has 1 heterocycles. The molecule has 0 aromatic heterocycles. The monoisotopic (exact) mass is 184 g/mol. The molecule has 0 amide bonds. The van der Waals surface area contributed by atoms with Gasteiger partial charge in [-0.3, -0.25) is 0 Å². The van der Waals surface area contributed by atoms with Gasteiger partial charge in [-0.15, -0.1) is 0 Å². The van der Waals surface area contributed by atoms with Gasteiger partial charge in [-0.05, 0) is 57.3 Å². The normalized spacial score (nSPS) is 27.2. The van der Waals surface area contributed by atoms with Crippen LogP contribution in [0.15, 0.2) is 0 Å². The third kappa shape index (κ3) is 2.96. The highest BCUT2D eigenvalue weighted by atomic mass is 15.1. The van der Waals surface area contributed by atoms with Crippen LogP contribution < -0.4 is 5.73 Å². The van der Waals surface area contributed by atoms with Crippen molar-refractivity contribution < 1.29 is 0 Å². The Bertz CT molecular complexity index is 154. The largest absolute Gasteiger partial charge is 0.330 e. The van der Waals surface area contributed by atoms with Gasteiger partial charge in [0.2, 0.25) is 0 Å². The molecule has 0 saturated carbocycles. The van der Waals surface area contributed by atoms with Crippen LogP contribution in [0.4, 0.5) is 0 Å². The van der Waals surface area contributed by atoms with E-state index in [1.165, 1.54) is 32.4 Å². The summed E-state index contributed by atoms with van der Waals surface area (Å²) in [4.78, 5) is 2.44. The van der Waals surface area contributed by atoms with Crippen LogP contribution in [0.2, 0.25) is 0 Å². The van der Waals surface area contributed by atoms with Crippen LogP contribution in [0, 0.1) is 11.3 Å². The Morgan fingerprint density at radius 3 is 2.62 bits per heavy atom. The third-order valence-electron chi connectivity index (χ3n) is 3.58. The summed E-state index contributed by atoms with van der Waals surface area (Å²) in [6.07, 6.45) is 4.01. The fourth-order valence-electron chi connectivity index (χ4n) is 2.19. The molecule has 0 bridgehead atoms. The number of nitrogens with zero attached hydrogens (tertiary/aromatic N) is 1. The first-order valence-electron chi connectivity index (χ1n) is 5.45. The Kier molecular flexibility index (Phi) is 3.74. The van der Waals surface area contributed by atoms with Crippen LogP contribution in [0.25, 0.3) is 0 Å². The molecule has 2 N–H and O–H groups in total. The molecule has 0 radical (unpaired) electrons. The number of likely N-dealkylation sites (tertiary alicyclic amines) is 1. The van der Waals surface area contributed by atoms with Gasteiger partial charge < -0.3 is 10.6 Å². The smallest absolute Gasteiger partial charge is 0.00189 e. The van der Waals surface area contributed by atoms with Gasteiger partial charge in [0.25, 0.3) is 0 Å². The molecule has 1 unspecified atom stereocenters. The Morgan fingerprint density at radius 2 is 2.00 bits per heavy atom. The van der Waals surface area contributed by atoms with Gasteiger partial charge in [-0.1, -0.05) is 13.8 Å². The van der Waals surface area contributed by atoms with E-state index in [1.54, 1.807) is 0 Å². The molecule has 1 fully saturated rings. The predicted molar refractivity (Wildman–Crippen MR) is 57.7 cm³/mol.